The Morgan fingerprint density at radius 2 is 1.65 bits per heavy atom. The third-order valence-corrected chi connectivity index (χ3v) is 12.4. The van der Waals surface area contributed by atoms with Gasteiger partial charge in [-0.25, -0.2) is 4.98 Å². The molecular formula is C45H69N7. The summed E-state index contributed by atoms with van der Waals surface area (Å²) < 4.78 is 0. The Bertz CT molecular complexity index is 1640. The minimum absolute atomic E-state index is 0.0696. The highest BCUT2D eigenvalue weighted by Gasteiger charge is 2.56. The van der Waals surface area contributed by atoms with Crippen LogP contribution in [0.1, 0.15) is 137 Å². The van der Waals surface area contributed by atoms with Crippen molar-refractivity contribution in [3.05, 3.63) is 66.7 Å². The van der Waals surface area contributed by atoms with Crippen LogP contribution in [0.3, 0.4) is 0 Å². The van der Waals surface area contributed by atoms with Gasteiger partial charge in [0, 0.05) is 54.5 Å². The molecular weight excluding hydrogens is 639 g/mol. The largest absolute Gasteiger partial charge is 0.380 e. The van der Waals surface area contributed by atoms with Crippen LogP contribution in [0, 0.1) is 16.2 Å². The van der Waals surface area contributed by atoms with E-state index in [4.69, 9.17) is 9.97 Å². The van der Waals surface area contributed by atoms with Gasteiger partial charge in [-0.05, 0) is 104 Å². The van der Waals surface area contributed by atoms with Crippen molar-refractivity contribution in [2.75, 3.05) is 35.3 Å². The van der Waals surface area contributed by atoms with Crippen molar-refractivity contribution in [2.45, 2.75) is 150 Å². The summed E-state index contributed by atoms with van der Waals surface area (Å²) in [5, 5.41) is 7.68. The number of aryl methyl sites for hydroxylation is 1. The number of fused-ring (bicyclic) bond motifs is 1. The molecule has 0 bridgehead atoms. The Hall–Kier alpha value is -3.48. The molecule has 1 atom stereocenters. The van der Waals surface area contributed by atoms with Gasteiger partial charge < -0.3 is 25.3 Å². The van der Waals surface area contributed by atoms with E-state index in [0.717, 1.165) is 72.9 Å². The number of hydrogen-bond donors (Lipinski definition) is 2. The molecule has 3 heterocycles. The van der Waals surface area contributed by atoms with Crippen molar-refractivity contribution >= 4 is 28.8 Å². The topological polar surface area (TPSA) is 59.6 Å². The second-order valence-corrected chi connectivity index (χ2v) is 19.3. The van der Waals surface area contributed by atoms with Crippen molar-refractivity contribution in [1.82, 2.24) is 20.2 Å². The Morgan fingerprint density at radius 1 is 0.981 bits per heavy atom. The number of nitrogens with zero attached hydrogens (tertiary/aromatic N) is 5. The maximum absolute atomic E-state index is 5.21. The number of anilines is 4. The fourth-order valence-electron chi connectivity index (χ4n) is 10.3. The molecule has 2 aliphatic carbocycles. The normalized spacial score (nSPS) is 21.6. The molecule has 2 aliphatic heterocycles. The molecule has 1 aromatic heterocycles. The zero-order valence-corrected chi connectivity index (χ0v) is 34.2. The number of hydrogen-bond acceptors (Lipinski definition) is 7. The lowest BCUT2D eigenvalue weighted by Gasteiger charge is -2.61. The van der Waals surface area contributed by atoms with Crippen LogP contribution in [0.25, 0.3) is 5.70 Å². The molecule has 0 radical (unpaired) electrons. The lowest BCUT2D eigenvalue weighted by molar-refractivity contribution is -0.0526. The van der Waals surface area contributed by atoms with E-state index in [1.807, 2.05) is 6.20 Å². The molecule has 2 N–H and O–H groups in total. The van der Waals surface area contributed by atoms with Gasteiger partial charge in [0.2, 0.25) is 5.95 Å². The molecule has 7 heteroatoms. The Labute approximate surface area is 316 Å². The zero-order chi connectivity index (χ0) is 37.6. The zero-order valence-electron chi connectivity index (χ0n) is 34.2. The van der Waals surface area contributed by atoms with Gasteiger partial charge >= 0.3 is 0 Å². The van der Waals surface area contributed by atoms with E-state index in [9.17, 15) is 0 Å². The standard InChI is InChI=1S/C45H69N7/c1-13-34-25-35(32(4)49-45(28-43(9,10)11)29-44(30-45)21-23-51(24-22-44)31(3)26-42(6,7)8)19-20-37(34)47-41-46-27-39-40(48-41)52(36-17-15-16-18-36)38(14-2)33(5)50(39)12/h19-20,25,27,36,38,49H,3-5,13-18,21-24,26,28-30H2,1-2,6-12H3,(H,46,47,48). The first-order chi connectivity index (χ1) is 24.4. The quantitative estimate of drug-likeness (QED) is 0.241. The predicted octanol–water partition coefficient (Wildman–Crippen LogP) is 10.8. The molecule has 4 aliphatic rings. The summed E-state index contributed by atoms with van der Waals surface area (Å²) in [6, 6.07) is 7.47. The Kier molecular flexibility index (Phi) is 10.6. The smallest absolute Gasteiger partial charge is 0.229 e. The first-order valence-corrected chi connectivity index (χ1v) is 20.3. The van der Waals surface area contributed by atoms with E-state index >= 15 is 0 Å². The van der Waals surface area contributed by atoms with Gasteiger partial charge in [0.15, 0.2) is 5.82 Å². The molecule has 1 spiro atoms. The van der Waals surface area contributed by atoms with Gasteiger partial charge in [0.25, 0.3) is 0 Å². The van der Waals surface area contributed by atoms with E-state index in [0.29, 0.717) is 17.4 Å². The lowest BCUT2D eigenvalue weighted by atomic mass is 9.50. The monoisotopic (exact) mass is 708 g/mol. The summed E-state index contributed by atoms with van der Waals surface area (Å²) >= 11 is 0. The lowest BCUT2D eigenvalue weighted by Crippen LogP contribution is -2.63. The number of allylic oxidation sites excluding steroid dienone is 1. The highest BCUT2D eigenvalue weighted by Crippen LogP contribution is 2.59. The van der Waals surface area contributed by atoms with Crippen LogP contribution in [0.15, 0.2) is 55.5 Å². The number of nitrogens with one attached hydrogen (secondary N) is 2. The maximum Gasteiger partial charge on any atom is 0.229 e. The highest BCUT2D eigenvalue weighted by molar-refractivity contribution is 5.76. The maximum atomic E-state index is 5.21. The number of piperidine rings is 1. The Morgan fingerprint density at radius 3 is 2.25 bits per heavy atom. The number of aromatic nitrogens is 2. The summed E-state index contributed by atoms with van der Waals surface area (Å²) in [7, 11) is 2.10. The minimum atomic E-state index is 0.0696. The van der Waals surface area contributed by atoms with Crippen LogP contribution in [0.4, 0.5) is 23.1 Å². The minimum Gasteiger partial charge on any atom is -0.380 e. The number of benzene rings is 1. The van der Waals surface area contributed by atoms with Crippen LogP contribution < -0.4 is 20.4 Å². The van der Waals surface area contributed by atoms with Crippen LogP contribution >= 0.6 is 0 Å². The summed E-state index contributed by atoms with van der Waals surface area (Å²) in [5.74, 6) is 1.68. The first-order valence-electron chi connectivity index (χ1n) is 20.3. The molecule has 2 aromatic rings. The molecule has 3 fully saturated rings. The summed E-state index contributed by atoms with van der Waals surface area (Å²) in [6.07, 6.45) is 16.0. The van der Waals surface area contributed by atoms with Crippen molar-refractivity contribution < 1.29 is 0 Å². The van der Waals surface area contributed by atoms with Crippen LogP contribution in [0.2, 0.25) is 0 Å². The van der Waals surface area contributed by atoms with Crippen molar-refractivity contribution in [2.24, 2.45) is 16.2 Å². The van der Waals surface area contributed by atoms with Crippen molar-refractivity contribution in [1.29, 1.82) is 0 Å². The van der Waals surface area contributed by atoms with E-state index in [-0.39, 0.29) is 22.4 Å². The van der Waals surface area contributed by atoms with Gasteiger partial charge in [-0.15, -0.1) is 0 Å². The number of likely N-dealkylation sites (tertiary alicyclic amines) is 1. The molecule has 1 saturated heterocycles. The van der Waals surface area contributed by atoms with Gasteiger partial charge in [-0.1, -0.05) is 94.0 Å². The fraction of sp³-hybridized carbons (Fsp3) is 0.644. The average Bonchev–Trinajstić information content (AvgIpc) is 3.59. The highest BCUT2D eigenvalue weighted by atomic mass is 15.4. The number of rotatable bonds is 11. The molecule has 1 unspecified atom stereocenters. The molecule has 52 heavy (non-hydrogen) atoms. The van der Waals surface area contributed by atoms with E-state index in [2.05, 4.69) is 126 Å². The van der Waals surface area contributed by atoms with Gasteiger partial charge in [0.1, 0.15) is 5.69 Å². The Balaban J connectivity index is 1.17. The predicted molar refractivity (Wildman–Crippen MR) is 222 cm³/mol. The van der Waals surface area contributed by atoms with Gasteiger partial charge in [-0.2, -0.15) is 4.98 Å². The molecule has 2 saturated carbocycles. The molecule has 6 rings (SSSR count). The first kappa shape index (κ1) is 38.3. The SMILES string of the molecule is C=C(NC1(CC(C)(C)C)CC2(CCN(C(=C)CC(C)(C)C)CC2)C1)c1ccc(Nc2ncc3c(n2)N(C2CCCC2)C(CC)C(=C)N3C)c(CC)c1. The van der Waals surface area contributed by atoms with Gasteiger partial charge in [0.05, 0.1) is 12.2 Å². The summed E-state index contributed by atoms with van der Waals surface area (Å²) in [4.78, 5) is 17.3. The van der Waals surface area contributed by atoms with Crippen LogP contribution in [0.5, 0.6) is 0 Å². The number of likely N-dealkylation sites (N-methyl/N-ethyl adjacent to an activating group) is 1. The van der Waals surface area contributed by atoms with Crippen molar-refractivity contribution in [3.63, 3.8) is 0 Å². The fourth-order valence-corrected chi connectivity index (χ4v) is 10.3. The molecule has 1 aromatic carbocycles. The second kappa shape index (κ2) is 14.4. The third-order valence-electron chi connectivity index (χ3n) is 12.4. The van der Waals surface area contributed by atoms with E-state index in [1.165, 1.54) is 62.6 Å². The van der Waals surface area contributed by atoms with Crippen molar-refractivity contribution in [3.8, 4) is 0 Å². The summed E-state index contributed by atoms with van der Waals surface area (Å²) in [6.45, 7) is 34.4. The van der Waals surface area contributed by atoms with Gasteiger partial charge in [-0.3, -0.25) is 0 Å². The molecule has 284 valence electrons. The average molecular weight is 708 g/mol. The third kappa shape index (κ3) is 8.04. The molecule has 7 nitrogen and oxygen atoms in total. The van der Waals surface area contributed by atoms with Crippen LogP contribution in [-0.2, 0) is 6.42 Å². The second-order valence-electron chi connectivity index (χ2n) is 19.3. The van der Waals surface area contributed by atoms with E-state index in [1.54, 1.807) is 0 Å². The summed E-state index contributed by atoms with van der Waals surface area (Å²) in [5.41, 5.74) is 8.96. The molecule has 0 amide bonds. The van der Waals surface area contributed by atoms with Crippen LogP contribution in [-0.4, -0.2) is 52.6 Å². The van der Waals surface area contributed by atoms with E-state index < -0.39 is 0 Å².